The molecular weight excluding hydrogens is 268 g/mol. The van der Waals surface area contributed by atoms with Crippen LogP contribution in [-0.2, 0) is 5.75 Å². The Balaban J connectivity index is 2.07. The third-order valence-electron chi connectivity index (χ3n) is 1.62. The minimum Gasteiger partial charge on any atom is -0.301 e. The van der Waals surface area contributed by atoms with Crippen molar-refractivity contribution in [3.8, 4) is 0 Å². The number of aromatic nitrogens is 4. The van der Waals surface area contributed by atoms with E-state index in [1.54, 1.807) is 6.92 Å². The van der Waals surface area contributed by atoms with Gasteiger partial charge >= 0.3 is 0 Å². The average molecular weight is 275 g/mol. The predicted octanol–water partition coefficient (Wildman–Crippen LogP) is 1.88. The van der Waals surface area contributed by atoms with Gasteiger partial charge in [0, 0.05) is 11.8 Å². The zero-order chi connectivity index (χ0) is 11.5. The molecule has 0 aliphatic heterocycles. The third kappa shape index (κ3) is 3.03. The lowest BCUT2D eigenvalue weighted by molar-refractivity contribution is 0.904. The summed E-state index contributed by atoms with van der Waals surface area (Å²) in [4.78, 5) is 18.0. The van der Waals surface area contributed by atoms with Crippen LogP contribution in [0.4, 0.5) is 0 Å². The van der Waals surface area contributed by atoms with Crippen LogP contribution in [0.1, 0.15) is 10.7 Å². The van der Waals surface area contributed by atoms with E-state index in [2.05, 4.69) is 20.2 Å². The Labute approximate surface area is 104 Å². The van der Waals surface area contributed by atoms with Gasteiger partial charge in [-0.15, -0.1) is 10.2 Å². The van der Waals surface area contributed by atoms with Crippen molar-refractivity contribution in [1.82, 2.24) is 20.2 Å². The number of aryl methyl sites for hydroxylation is 1. The van der Waals surface area contributed by atoms with E-state index in [0.717, 1.165) is 5.01 Å². The second-order valence-corrected chi connectivity index (χ2v) is 5.54. The molecule has 2 aromatic rings. The summed E-state index contributed by atoms with van der Waals surface area (Å²) in [6.07, 6.45) is 0. The first-order valence-electron chi connectivity index (χ1n) is 4.32. The van der Waals surface area contributed by atoms with Gasteiger partial charge in [0.15, 0.2) is 5.16 Å². The molecule has 0 fully saturated rings. The normalized spacial score (nSPS) is 10.6. The van der Waals surface area contributed by atoms with Crippen molar-refractivity contribution in [1.29, 1.82) is 0 Å². The van der Waals surface area contributed by atoms with Gasteiger partial charge in [-0.05, 0) is 18.5 Å². The second kappa shape index (κ2) is 4.94. The summed E-state index contributed by atoms with van der Waals surface area (Å²) in [6, 6.07) is 1.45. The SMILES string of the molecule is Cc1cc(=O)[nH]c(SCc2nnc(Cl)s2)n1. The molecule has 0 bridgehead atoms. The molecule has 8 heteroatoms. The number of hydrogen-bond acceptors (Lipinski definition) is 6. The molecule has 0 aliphatic carbocycles. The summed E-state index contributed by atoms with van der Waals surface area (Å²) in [5.41, 5.74) is 0.548. The van der Waals surface area contributed by atoms with E-state index in [-0.39, 0.29) is 5.56 Å². The molecule has 0 saturated carbocycles. The van der Waals surface area contributed by atoms with Crippen LogP contribution in [0.2, 0.25) is 4.47 Å². The van der Waals surface area contributed by atoms with Gasteiger partial charge in [0.05, 0.1) is 5.75 Å². The Morgan fingerprint density at radius 2 is 2.38 bits per heavy atom. The van der Waals surface area contributed by atoms with Gasteiger partial charge in [0.25, 0.3) is 5.56 Å². The fourth-order valence-corrected chi connectivity index (χ4v) is 2.82. The summed E-state index contributed by atoms with van der Waals surface area (Å²) in [7, 11) is 0. The Morgan fingerprint density at radius 3 is 3.00 bits per heavy atom. The Morgan fingerprint density at radius 1 is 1.56 bits per heavy atom. The summed E-state index contributed by atoms with van der Waals surface area (Å²) in [5, 5.41) is 8.95. The number of nitrogens with zero attached hydrogens (tertiary/aromatic N) is 3. The highest BCUT2D eigenvalue weighted by Gasteiger charge is 2.04. The maximum atomic E-state index is 11.2. The van der Waals surface area contributed by atoms with Crippen LogP contribution in [-0.4, -0.2) is 20.2 Å². The first-order valence-corrected chi connectivity index (χ1v) is 6.50. The van der Waals surface area contributed by atoms with Gasteiger partial charge in [-0.3, -0.25) is 4.79 Å². The monoisotopic (exact) mass is 274 g/mol. The van der Waals surface area contributed by atoms with Crippen molar-refractivity contribution in [3.63, 3.8) is 0 Å². The summed E-state index contributed by atoms with van der Waals surface area (Å²) in [6.45, 7) is 1.78. The number of H-pyrrole nitrogens is 1. The van der Waals surface area contributed by atoms with Gasteiger partial charge < -0.3 is 4.98 Å². The molecule has 0 radical (unpaired) electrons. The molecule has 84 valence electrons. The van der Waals surface area contributed by atoms with E-state index in [4.69, 9.17) is 11.6 Å². The molecule has 0 amide bonds. The van der Waals surface area contributed by atoms with Crippen LogP contribution < -0.4 is 5.56 Å². The molecule has 0 saturated heterocycles. The van der Waals surface area contributed by atoms with Gasteiger partial charge in [-0.1, -0.05) is 23.1 Å². The third-order valence-corrected chi connectivity index (χ3v) is 3.71. The number of halogens is 1. The lowest BCUT2D eigenvalue weighted by Crippen LogP contribution is -2.07. The van der Waals surface area contributed by atoms with Crippen molar-refractivity contribution < 1.29 is 0 Å². The largest absolute Gasteiger partial charge is 0.301 e. The van der Waals surface area contributed by atoms with E-state index in [9.17, 15) is 4.79 Å². The molecule has 0 aromatic carbocycles. The van der Waals surface area contributed by atoms with E-state index >= 15 is 0 Å². The number of rotatable bonds is 3. The molecule has 5 nitrogen and oxygen atoms in total. The highest BCUT2D eigenvalue weighted by atomic mass is 35.5. The molecule has 2 rings (SSSR count). The van der Waals surface area contributed by atoms with Crippen LogP contribution in [0.3, 0.4) is 0 Å². The zero-order valence-corrected chi connectivity index (χ0v) is 10.6. The van der Waals surface area contributed by atoms with Gasteiger partial charge in [0.2, 0.25) is 4.47 Å². The number of hydrogen-bond donors (Lipinski definition) is 1. The van der Waals surface area contributed by atoms with Gasteiger partial charge in [-0.25, -0.2) is 4.98 Å². The van der Waals surface area contributed by atoms with E-state index in [1.165, 1.54) is 29.2 Å². The highest BCUT2D eigenvalue weighted by molar-refractivity contribution is 7.98. The summed E-state index contributed by atoms with van der Waals surface area (Å²) >= 11 is 8.37. The lowest BCUT2D eigenvalue weighted by atomic mass is 10.5. The van der Waals surface area contributed by atoms with Crippen molar-refractivity contribution in [2.24, 2.45) is 0 Å². The Bertz CT molecular complexity index is 553. The van der Waals surface area contributed by atoms with E-state index in [1.807, 2.05) is 0 Å². The maximum Gasteiger partial charge on any atom is 0.251 e. The number of aromatic amines is 1. The maximum absolute atomic E-state index is 11.2. The van der Waals surface area contributed by atoms with E-state index in [0.29, 0.717) is 21.1 Å². The smallest absolute Gasteiger partial charge is 0.251 e. The van der Waals surface area contributed by atoms with Crippen LogP contribution in [0, 0.1) is 6.92 Å². The quantitative estimate of drug-likeness (QED) is 0.683. The number of nitrogens with one attached hydrogen (secondary N) is 1. The molecule has 0 unspecified atom stereocenters. The van der Waals surface area contributed by atoms with Crippen LogP contribution >= 0.6 is 34.7 Å². The Kier molecular flexibility index (Phi) is 3.57. The molecule has 0 spiro atoms. The first-order chi connectivity index (χ1) is 7.63. The number of thioether (sulfide) groups is 1. The fourth-order valence-electron chi connectivity index (χ4n) is 1.04. The molecule has 16 heavy (non-hydrogen) atoms. The van der Waals surface area contributed by atoms with Crippen LogP contribution in [0.15, 0.2) is 16.0 Å². The minimum atomic E-state index is -0.148. The Hall–Kier alpha value is -0.920. The van der Waals surface area contributed by atoms with Crippen LogP contribution in [0.5, 0.6) is 0 Å². The summed E-state index contributed by atoms with van der Waals surface area (Å²) in [5.74, 6) is 0.594. The molecule has 0 atom stereocenters. The minimum absolute atomic E-state index is 0.148. The average Bonchev–Trinajstić information content (AvgIpc) is 2.60. The second-order valence-electron chi connectivity index (χ2n) is 2.93. The van der Waals surface area contributed by atoms with Crippen molar-refractivity contribution in [2.75, 3.05) is 0 Å². The van der Waals surface area contributed by atoms with Gasteiger partial charge in [0.1, 0.15) is 5.01 Å². The zero-order valence-electron chi connectivity index (χ0n) is 8.23. The lowest BCUT2D eigenvalue weighted by Gasteiger charge is -1.98. The molecule has 1 N–H and O–H groups in total. The standard InChI is InChI=1S/C8H7ClN4OS2/c1-4-2-5(14)11-8(10-4)15-3-6-12-13-7(9)16-6/h2H,3H2,1H3,(H,10,11,14). The molecular formula is C8H7ClN4OS2. The molecule has 0 aliphatic rings. The van der Waals surface area contributed by atoms with Crippen molar-refractivity contribution >= 4 is 34.7 Å². The molecule has 2 aromatic heterocycles. The first kappa shape index (κ1) is 11.6. The van der Waals surface area contributed by atoms with Crippen LogP contribution in [0.25, 0.3) is 0 Å². The van der Waals surface area contributed by atoms with Crippen molar-refractivity contribution in [3.05, 3.63) is 31.6 Å². The highest BCUT2D eigenvalue weighted by Crippen LogP contribution is 2.22. The summed E-state index contributed by atoms with van der Waals surface area (Å²) < 4.78 is 0.418. The predicted molar refractivity (Wildman–Crippen MR) is 64.1 cm³/mol. The topological polar surface area (TPSA) is 71.5 Å². The van der Waals surface area contributed by atoms with Crippen molar-refractivity contribution in [2.45, 2.75) is 17.8 Å². The van der Waals surface area contributed by atoms with E-state index < -0.39 is 0 Å². The molecule has 2 heterocycles. The van der Waals surface area contributed by atoms with Gasteiger partial charge in [-0.2, -0.15) is 0 Å². The fraction of sp³-hybridized carbons (Fsp3) is 0.250.